The fraction of sp³-hybridized carbons (Fsp3) is 0.643. The van der Waals surface area contributed by atoms with Crippen LogP contribution in [0.1, 0.15) is 51.1 Å². The first-order valence-electron chi connectivity index (χ1n) is 7.41. The topological polar surface area (TPSA) is 63.1 Å². The fourth-order valence-electron chi connectivity index (χ4n) is 2.10. The molecular weight excluding hydrogens is 375 g/mol. The standard InChI is InChI=1S/C14H21BrN4OS.Na/c1-3-4-5-6-7-8-9-21-14-17-13-16-10(2)11(15)12(20)19(13)18-14;/h3-9H2,1-2H3,(H,16,17,18);/q;+1. The van der Waals surface area contributed by atoms with Gasteiger partial charge in [0, 0.05) is 5.75 Å². The van der Waals surface area contributed by atoms with Gasteiger partial charge in [-0.25, -0.2) is 4.98 Å². The molecule has 0 bridgehead atoms. The number of unbranched alkanes of at least 4 members (excludes halogenated alkanes) is 5. The molecule has 116 valence electrons. The molecule has 0 unspecified atom stereocenters. The van der Waals surface area contributed by atoms with Gasteiger partial charge in [-0.2, -0.15) is 9.50 Å². The van der Waals surface area contributed by atoms with Crippen molar-refractivity contribution in [1.82, 2.24) is 19.6 Å². The van der Waals surface area contributed by atoms with Gasteiger partial charge in [-0.3, -0.25) is 9.89 Å². The van der Waals surface area contributed by atoms with Crippen LogP contribution in [0.5, 0.6) is 0 Å². The van der Waals surface area contributed by atoms with Gasteiger partial charge in [-0.1, -0.05) is 50.8 Å². The number of H-pyrrole nitrogens is 1. The third-order valence-electron chi connectivity index (χ3n) is 3.32. The Kier molecular flexibility index (Phi) is 9.31. The molecule has 0 amide bonds. The van der Waals surface area contributed by atoms with Crippen molar-refractivity contribution in [1.29, 1.82) is 0 Å². The van der Waals surface area contributed by atoms with Gasteiger partial charge in [0.05, 0.1) is 5.69 Å². The average molecular weight is 396 g/mol. The Balaban J connectivity index is 0.00000242. The normalized spacial score (nSPS) is 10.9. The molecule has 0 atom stereocenters. The largest absolute Gasteiger partial charge is 1.00 e. The summed E-state index contributed by atoms with van der Waals surface area (Å²) in [5.74, 6) is 1.45. The Bertz CT molecular complexity index is 658. The third kappa shape index (κ3) is 5.37. The van der Waals surface area contributed by atoms with Gasteiger partial charge in [0.25, 0.3) is 11.3 Å². The van der Waals surface area contributed by atoms with Crippen LogP contribution in [0, 0.1) is 6.92 Å². The maximum atomic E-state index is 12.0. The number of hydrogen-bond donors (Lipinski definition) is 1. The summed E-state index contributed by atoms with van der Waals surface area (Å²) in [5, 5.41) is 3.76. The molecule has 0 spiro atoms. The molecule has 2 heterocycles. The molecule has 0 aliphatic heterocycles. The molecule has 8 heteroatoms. The van der Waals surface area contributed by atoms with E-state index in [1.165, 1.54) is 43.0 Å². The van der Waals surface area contributed by atoms with Crippen molar-refractivity contribution in [2.24, 2.45) is 0 Å². The monoisotopic (exact) mass is 395 g/mol. The van der Waals surface area contributed by atoms with Crippen LogP contribution >= 0.6 is 27.7 Å². The van der Waals surface area contributed by atoms with Crippen LogP contribution in [0.4, 0.5) is 0 Å². The molecule has 0 radical (unpaired) electrons. The van der Waals surface area contributed by atoms with Crippen LogP contribution in [0.15, 0.2) is 14.4 Å². The predicted molar refractivity (Wildman–Crippen MR) is 90.1 cm³/mol. The van der Waals surface area contributed by atoms with Crippen molar-refractivity contribution < 1.29 is 29.6 Å². The van der Waals surface area contributed by atoms with Crippen molar-refractivity contribution in [3.63, 3.8) is 0 Å². The van der Waals surface area contributed by atoms with Gasteiger partial charge >= 0.3 is 29.6 Å². The van der Waals surface area contributed by atoms with Crippen molar-refractivity contribution in [2.75, 3.05) is 5.75 Å². The van der Waals surface area contributed by atoms with E-state index >= 15 is 0 Å². The zero-order valence-electron chi connectivity index (χ0n) is 13.5. The maximum Gasteiger partial charge on any atom is 1.00 e. The van der Waals surface area contributed by atoms with E-state index in [1.807, 2.05) is 0 Å². The molecule has 2 aromatic rings. The van der Waals surface area contributed by atoms with Gasteiger partial charge in [-0.15, -0.1) is 0 Å². The van der Waals surface area contributed by atoms with Crippen LogP contribution in [0.3, 0.4) is 0 Å². The van der Waals surface area contributed by atoms with Gasteiger partial charge in [0.2, 0.25) is 0 Å². The number of hydrogen-bond acceptors (Lipinski definition) is 4. The second-order valence-corrected chi connectivity index (χ2v) is 6.97. The second-order valence-electron chi connectivity index (χ2n) is 5.10. The number of aryl methyl sites for hydroxylation is 1. The summed E-state index contributed by atoms with van der Waals surface area (Å²) in [6, 6.07) is 0. The minimum atomic E-state index is -0.142. The van der Waals surface area contributed by atoms with Crippen LogP contribution < -0.4 is 35.1 Å². The van der Waals surface area contributed by atoms with Crippen molar-refractivity contribution in [3.8, 4) is 0 Å². The van der Waals surface area contributed by atoms with Gasteiger partial charge < -0.3 is 0 Å². The first-order valence-corrected chi connectivity index (χ1v) is 9.19. The van der Waals surface area contributed by atoms with E-state index < -0.39 is 0 Å². The number of aromatic nitrogens is 4. The SMILES string of the molecule is CCCCCCCCSc1nc2nc(C)c(Br)c(=O)n2[nH]1.[Na+]. The van der Waals surface area contributed by atoms with Crippen LogP contribution in [0.2, 0.25) is 0 Å². The molecule has 0 saturated heterocycles. The Morgan fingerprint density at radius 1 is 1.18 bits per heavy atom. The van der Waals surface area contributed by atoms with Crippen LogP contribution in [0.25, 0.3) is 5.78 Å². The number of nitrogens with zero attached hydrogens (tertiary/aromatic N) is 3. The molecule has 0 aliphatic carbocycles. The first-order chi connectivity index (χ1) is 10.1. The molecule has 2 rings (SSSR count). The number of thioether (sulfide) groups is 1. The van der Waals surface area contributed by atoms with Gasteiger partial charge in [0.1, 0.15) is 4.47 Å². The minimum Gasteiger partial charge on any atom is -0.266 e. The summed E-state index contributed by atoms with van der Waals surface area (Å²) < 4.78 is 1.87. The van der Waals surface area contributed by atoms with Gasteiger partial charge in [-0.05, 0) is 29.3 Å². The number of aromatic amines is 1. The number of nitrogens with one attached hydrogen (secondary N) is 1. The first kappa shape index (κ1) is 20.2. The average Bonchev–Trinajstić information content (AvgIpc) is 2.87. The zero-order chi connectivity index (χ0) is 15.2. The fourth-order valence-corrected chi connectivity index (χ4v) is 3.21. The van der Waals surface area contributed by atoms with Crippen LogP contribution in [-0.2, 0) is 0 Å². The third-order valence-corrected chi connectivity index (χ3v) is 5.18. The molecule has 0 fully saturated rings. The van der Waals surface area contributed by atoms with E-state index in [4.69, 9.17) is 0 Å². The molecule has 0 aliphatic rings. The summed E-state index contributed by atoms with van der Waals surface area (Å²) in [7, 11) is 0. The molecule has 5 nitrogen and oxygen atoms in total. The van der Waals surface area contributed by atoms with Crippen molar-refractivity contribution >= 4 is 33.5 Å². The number of rotatable bonds is 8. The number of halogens is 1. The summed E-state index contributed by atoms with van der Waals surface area (Å²) in [5.41, 5.74) is 0.524. The van der Waals surface area contributed by atoms with Gasteiger partial charge in [0.15, 0.2) is 5.16 Å². The van der Waals surface area contributed by atoms with Crippen molar-refractivity contribution in [2.45, 2.75) is 57.5 Å². The molecule has 2 aromatic heterocycles. The smallest absolute Gasteiger partial charge is 0.266 e. The Morgan fingerprint density at radius 2 is 1.86 bits per heavy atom. The summed E-state index contributed by atoms with van der Waals surface area (Å²) in [6.07, 6.45) is 7.69. The van der Waals surface area contributed by atoms with E-state index in [2.05, 4.69) is 37.9 Å². The second kappa shape index (κ2) is 10.1. The zero-order valence-corrected chi connectivity index (χ0v) is 17.9. The molecule has 1 N–H and O–H groups in total. The predicted octanol–water partition coefficient (Wildman–Crippen LogP) is 0.945. The van der Waals surface area contributed by atoms with E-state index in [0.29, 0.717) is 15.9 Å². The minimum absolute atomic E-state index is 0. The maximum absolute atomic E-state index is 12.0. The van der Waals surface area contributed by atoms with Crippen molar-refractivity contribution in [3.05, 3.63) is 20.5 Å². The molecule has 22 heavy (non-hydrogen) atoms. The van der Waals surface area contributed by atoms with E-state index in [-0.39, 0.29) is 35.1 Å². The quantitative estimate of drug-likeness (QED) is 0.410. The van der Waals surface area contributed by atoms with Crippen LogP contribution in [-0.4, -0.2) is 25.3 Å². The summed E-state index contributed by atoms with van der Waals surface area (Å²) >= 11 is 4.90. The number of fused-ring (bicyclic) bond motifs is 1. The Labute approximate surface area is 165 Å². The Morgan fingerprint density at radius 3 is 2.59 bits per heavy atom. The van der Waals surface area contributed by atoms with E-state index in [0.717, 1.165) is 10.9 Å². The molecule has 0 aromatic carbocycles. The summed E-state index contributed by atoms with van der Waals surface area (Å²) in [6.45, 7) is 4.02. The Hall–Kier alpha value is 0.180. The molecule has 0 saturated carbocycles. The van der Waals surface area contributed by atoms with E-state index in [1.54, 1.807) is 18.7 Å². The summed E-state index contributed by atoms with van der Waals surface area (Å²) in [4.78, 5) is 20.7. The molecular formula is C14H21BrN4NaOS+. The van der Waals surface area contributed by atoms with E-state index in [9.17, 15) is 4.79 Å².